The molecule has 7 nitrogen and oxygen atoms in total. The van der Waals surface area contributed by atoms with E-state index in [4.69, 9.17) is 0 Å². The molecular formula is C24H30N6O. The number of aromatic nitrogens is 3. The van der Waals surface area contributed by atoms with Gasteiger partial charge in [-0.15, -0.1) is 10.2 Å². The maximum atomic E-state index is 13.0. The summed E-state index contributed by atoms with van der Waals surface area (Å²) in [7, 11) is 0. The van der Waals surface area contributed by atoms with Crippen LogP contribution in [0.4, 0.5) is 5.95 Å². The number of carbonyl (C=O) groups excluding carboxylic acids is 1. The van der Waals surface area contributed by atoms with Crippen molar-refractivity contribution < 1.29 is 4.79 Å². The van der Waals surface area contributed by atoms with Crippen molar-refractivity contribution in [1.82, 2.24) is 24.8 Å². The number of benzene rings is 1. The summed E-state index contributed by atoms with van der Waals surface area (Å²) in [6, 6.07) is 16.8. The van der Waals surface area contributed by atoms with Crippen LogP contribution in [0.5, 0.6) is 0 Å². The van der Waals surface area contributed by atoms with Gasteiger partial charge in [-0.1, -0.05) is 36.4 Å². The zero-order valence-electron chi connectivity index (χ0n) is 17.9. The van der Waals surface area contributed by atoms with E-state index < -0.39 is 0 Å². The zero-order valence-corrected chi connectivity index (χ0v) is 17.9. The Hall–Kier alpha value is -2.93. The average Bonchev–Trinajstić information content (AvgIpc) is 3.25. The lowest BCUT2D eigenvalue weighted by Gasteiger charge is -2.35. The fourth-order valence-corrected chi connectivity index (χ4v) is 4.81. The number of nitrogens with zero attached hydrogens (tertiary/aromatic N) is 5. The summed E-state index contributed by atoms with van der Waals surface area (Å²) in [6.07, 6.45) is 5.95. The Balaban J connectivity index is 1.14. The average molecular weight is 419 g/mol. The van der Waals surface area contributed by atoms with Gasteiger partial charge in [-0.2, -0.15) is 0 Å². The summed E-state index contributed by atoms with van der Waals surface area (Å²) in [5.74, 6) is 1.04. The molecule has 7 heteroatoms. The van der Waals surface area contributed by atoms with E-state index in [-0.39, 0.29) is 17.9 Å². The van der Waals surface area contributed by atoms with Crippen molar-refractivity contribution in [3.8, 4) is 0 Å². The van der Waals surface area contributed by atoms with Crippen LogP contribution in [0.25, 0.3) is 5.65 Å². The van der Waals surface area contributed by atoms with E-state index in [1.54, 1.807) is 0 Å². The summed E-state index contributed by atoms with van der Waals surface area (Å²) in [4.78, 5) is 17.7. The number of nitrogens with one attached hydrogen (secondary N) is 1. The van der Waals surface area contributed by atoms with E-state index in [1.165, 1.54) is 5.56 Å². The normalized spacial score (nSPS) is 20.8. The predicted molar refractivity (Wildman–Crippen MR) is 121 cm³/mol. The molecule has 31 heavy (non-hydrogen) atoms. The van der Waals surface area contributed by atoms with Gasteiger partial charge in [-0.25, -0.2) is 0 Å². The van der Waals surface area contributed by atoms with Crippen molar-refractivity contribution in [3.05, 3.63) is 60.3 Å². The Morgan fingerprint density at radius 1 is 0.968 bits per heavy atom. The van der Waals surface area contributed by atoms with Gasteiger partial charge in [0.2, 0.25) is 11.9 Å². The summed E-state index contributed by atoms with van der Waals surface area (Å²) >= 11 is 0. The quantitative estimate of drug-likeness (QED) is 0.690. The second kappa shape index (κ2) is 9.06. The first-order valence-electron chi connectivity index (χ1n) is 11.4. The number of carbonyl (C=O) groups is 1. The van der Waals surface area contributed by atoms with E-state index >= 15 is 0 Å². The fourth-order valence-electron chi connectivity index (χ4n) is 4.81. The molecule has 5 rings (SSSR count). The van der Waals surface area contributed by atoms with Gasteiger partial charge in [0, 0.05) is 45.0 Å². The van der Waals surface area contributed by atoms with Crippen LogP contribution in [0.2, 0.25) is 0 Å². The molecule has 2 aromatic heterocycles. The molecule has 1 N–H and O–H groups in total. The molecule has 0 saturated carbocycles. The lowest BCUT2D eigenvalue weighted by molar-refractivity contribution is -0.126. The van der Waals surface area contributed by atoms with Gasteiger partial charge in [-0.05, 0) is 43.4 Å². The first-order chi connectivity index (χ1) is 15.3. The number of amides is 1. The monoisotopic (exact) mass is 418 g/mol. The second-order valence-electron chi connectivity index (χ2n) is 8.76. The number of likely N-dealkylation sites (tertiary alicyclic amines) is 1. The van der Waals surface area contributed by atoms with Crippen LogP contribution >= 0.6 is 0 Å². The smallest absolute Gasteiger partial charge is 0.231 e. The van der Waals surface area contributed by atoms with E-state index in [2.05, 4.69) is 55.6 Å². The number of pyridine rings is 1. The summed E-state index contributed by atoms with van der Waals surface area (Å²) in [6.45, 7) is 4.67. The number of rotatable bonds is 5. The van der Waals surface area contributed by atoms with Gasteiger partial charge in [0.1, 0.15) is 0 Å². The van der Waals surface area contributed by atoms with Crippen LogP contribution < -0.4 is 10.2 Å². The zero-order chi connectivity index (χ0) is 21.0. The van der Waals surface area contributed by atoms with Gasteiger partial charge in [0.25, 0.3) is 0 Å². The van der Waals surface area contributed by atoms with Crippen molar-refractivity contribution in [1.29, 1.82) is 0 Å². The molecule has 3 aromatic rings. The molecule has 0 unspecified atom stereocenters. The lowest BCUT2D eigenvalue weighted by atomic mass is 9.96. The summed E-state index contributed by atoms with van der Waals surface area (Å²) in [5.41, 5.74) is 2.19. The third kappa shape index (κ3) is 4.56. The van der Waals surface area contributed by atoms with Crippen LogP contribution in [0.1, 0.15) is 31.2 Å². The number of anilines is 1. The largest absolute Gasteiger partial charge is 0.353 e. The van der Waals surface area contributed by atoms with Crippen molar-refractivity contribution in [2.24, 2.45) is 5.92 Å². The minimum Gasteiger partial charge on any atom is -0.353 e. The Morgan fingerprint density at radius 2 is 1.77 bits per heavy atom. The van der Waals surface area contributed by atoms with Crippen molar-refractivity contribution >= 4 is 17.5 Å². The fraction of sp³-hybridized carbons (Fsp3) is 0.458. The SMILES string of the molecule is O=C(NC1CCN(Cc2ccccc2)CC1)[C@H]1CCCN(c2nnc3ccccn23)C1. The van der Waals surface area contributed by atoms with Crippen LogP contribution in [-0.2, 0) is 11.3 Å². The summed E-state index contributed by atoms with van der Waals surface area (Å²) in [5, 5.41) is 12.0. The van der Waals surface area contributed by atoms with Crippen LogP contribution in [0.15, 0.2) is 54.7 Å². The first-order valence-corrected chi connectivity index (χ1v) is 11.4. The molecule has 162 valence electrons. The molecule has 2 aliphatic heterocycles. The maximum absolute atomic E-state index is 13.0. The third-order valence-corrected chi connectivity index (χ3v) is 6.55. The minimum absolute atomic E-state index is 0.00663. The second-order valence-corrected chi connectivity index (χ2v) is 8.76. The number of hydrogen-bond acceptors (Lipinski definition) is 5. The van der Waals surface area contributed by atoms with Crippen LogP contribution in [0, 0.1) is 5.92 Å². The molecule has 1 aromatic carbocycles. The Bertz CT molecular complexity index is 1010. The van der Waals surface area contributed by atoms with Gasteiger partial charge in [0.15, 0.2) is 5.65 Å². The van der Waals surface area contributed by atoms with Crippen molar-refractivity contribution in [3.63, 3.8) is 0 Å². The Morgan fingerprint density at radius 3 is 2.61 bits per heavy atom. The Labute approximate surface area is 183 Å². The van der Waals surface area contributed by atoms with E-state index in [0.717, 1.165) is 63.5 Å². The van der Waals surface area contributed by atoms with E-state index in [9.17, 15) is 4.79 Å². The van der Waals surface area contributed by atoms with Crippen LogP contribution in [0.3, 0.4) is 0 Å². The molecule has 0 aliphatic carbocycles. The maximum Gasteiger partial charge on any atom is 0.231 e. The van der Waals surface area contributed by atoms with Gasteiger partial charge in [0.05, 0.1) is 5.92 Å². The van der Waals surface area contributed by atoms with Crippen molar-refractivity contribution in [2.45, 2.75) is 38.3 Å². The predicted octanol–water partition coefficient (Wildman–Crippen LogP) is 2.73. The molecular weight excluding hydrogens is 388 g/mol. The lowest BCUT2D eigenvalue weighted by Crippen LogP contribution is -2.49. The molecule has 1 atom stereocenters. The van der Waals surface area contributed by atoms with Gasteiger partial charge < -0.3 is 10.2 Å². The third-order valence-electron chi connectivity index (χ3n) is 6.55. The highest BCUT2D eigenvalue weighted by Gasteiger charge is 2.30. The van der Waals surface area contributed by atoms with Crippen molar-refractivity contribution in [2.75, 3.05) is 31.1 Å². The highest BCUT2D eigenvalue weighted by molar-refractivity contribution is 5.79. The van der Waals surface area contributed by atoms with Gasteiger partial charge in [-0.3, -0.25) is 14.1 Å². The topological polar surface area (TPSA) is 65.8 Å². The minimum atomic E-state index is 0.00663. The Kier molecular flexibility index (Phi) is 5.84. The number of piperidine rings is 2. The van der Waals surface area contributed by atoms with Crippen LogP contribution in [-0.4, -0.2) is 57.6 Å². The molecule has 2 saturated heterocycles. The van der Waals surface area contributed by atoms with Gasteiger partial charge >= 0.3 is 0 Å². The molecule has 2 aliphatic rings. The molecule has 2 fully saturated rings. The standard InChI is InChI=1S/C24H30N6O/c31-23(25-21-11-15-28(16-12-21)17-19-7-2-1-3-8-19)20-9-6-13-29(18-20)24-27-26-22-10-4-5-14-30(22)24/h1-5,7-8,10,14,20-21H,6,9,11-13,15-18H2,(H,25,31)/t20-/m0/s1. The highest BCUT2D eigenvalue weighted by atomic mass is 16.2. The molecule has 0 radical (unpaired) electrons. The highest BCUT2D eigenvalue weighted by Crippen LogP contribution is 2.23. The molecule has 4 heterocycles. The molecule has 1 amide bonds. The van der Waals surface area contributed by atoms with E-state index in [0.29, 0.717) is 6.54 Å². The molecule has 0 bridgehead atoms. The first kappa shape index (κ1) is 20.0. The summed E-state index contributed by atoms with van der Waals surface area (Å²) < 4.78 is 2.00. The number of hydrogen-bond donors (Lipinski definition) is 1. The number of fused-ring (bicyclic) bond motifs is 1. The van der Waals surface area contributed by atoms with E-state index in [1.807, 2.05) is 28.8 Å². The molecule has 0 spiro atoms.